The molecule has 0 radical (unpaired) electrons. The number of ketones is 2. The number of ether oxygens (including phenoxy) is 2. The van der Waals surface area contributed by atoms with Gasteiger partial charge in [0.25, 0.3) is 0 Å². The van der Waals surface area contributed by atoms with E-state index >= 15 is 0 Å². The topological polar surface area (TPSA) is 79.9 Å². The van der Waals surface area contributed by atoms with Crippen LogP contribution in [0.1, 0.15) is 29.0 Å². The average molecular weight is 560 g/mol. The molecule has 3 aliphatic rings. The van der Waals surface area contributed by atoms with Crippen LogP contribution in [-0.4, -0.2) is 63.3 Å². The molecule has 2 aromatic carbocycles. The fourth-order valence-electron chi connectivity index (χ4n) is 5.24. The van der Waals surface area contributed by atoms with Crippen LogP contribution in [0.3, 0.4) is 0 Å². The van der Waals surface area contributed by atoms with Crippen LogP contribution in [-0.2, 0) is 20.9 Å². The van der Waals surface area contributed by atoms with Crippen LogP contribution in [0.5, 0.6) is 5.75 Å². The fraction of sp³-hybridized carbons (Fsp3) is 0.462. The highest BCUT2D eigenvalue weighted by atomic mass is 19.4. The maximum absolute atomic E-state index is 11.2. The van der Waals surface area contributed by atoms with Crippen molar-refractivity contribution in [1.82, 2.24) is 5.32 Å². The van der Waals surface area contributed by atoms with Crippen LogP contribution in [0.15, 0.2) is 30.3 Å². The summed E-state index contributed by atoms with van der Waals surface area (Å²) in [5, 5.41) is 7.20. The van der Waals surface area contributed by atoms with E-state index in [2.05, 4.69) is 46.7 Å². The van der Waals surface area contributed by atoms with E-state index in [1.165, 1.54) is 23.2 Å². The molecular formula is C26H27F6N3O4. The summed E-state index contributed by atoms with van der Waals surface area (Å²) in [4.78, 5) is 21.8. The second-order valence-corrected chi connectivity index (χ2v) is 9.45. The Bertz CT molecular complexity index is 1220. The van der Waals surface area contributed by atoms with Gasteiger partial charge in [-0.15, -0.1) is 0 Å². The van der Waals surface area contributed by atoms with E-state index in [4.69, 9.17) is 9.47 Å². The number of methoxy groups -OCH3 is 1. The SMILES string of the molecule is COc1ccc(Nc2cc3c4c(c2)[C@@H]2CNCC[C@@H]2N4CCOC3)cc1C.O=C(C(=O)C(F)(F)F)C(F)(F)F. The number of hydrogen-bond acceptors (Lipinski definition) is 7. The number of anilines is 3. The van der Waals surface area contributed by atoms with Gasteiger partial charge in [-0.3, -0.25) is 9.59 Å². The van der Waals surface area contributed by atoms with E-state index in [9.17, 15) is 35.9 Å². The Morgan fingerprint density at radius 3 is 2.36 bits per heavy atom. The van der Waals surface area contributed by atoms with Gasteiger partial charge in [0, 0.05) is 47.7 Å². The molecule has 2 aromatic rings. The van der Waals surface area contributed by atoms with Gasteiger partial charge >= 0.3 is 23.9 Å². The van der Waals surface area contributed by atoms with E-state index in [-0.39, 0.29) is 0 Å². The minimum absolute atomic E-state index is 0.574. The first-order valence-electron chi connectivity index (χ1n) is 12.2. The van der Waals surface area contributed by atoms with E-state index < -0.39 is 23.9 Å². The second kappa shape index (κ2) is 11.0. The molecule has 1 fully saturated rings. The van der Waals surface area contributed by atoms with Gasteiger partial charge in [0.1, 0.15) is 5.75 Å². The van der Waals surface area contributed by atoms with Crippen molar-refractivity contribution < 1.29 is 45.4 Å². The van der Waals surface area contributed by atoms with Gasteiger partial charge in [-0.2, -0.15) is 26.3 Å². The van der Waals surface area contributed by atoms with Gasteiger partial charge in [-0.1, -0.05) is 0 Å². The molecule has 212 valence electrons. The van der Waals surface area contributed by atoms with Crippen molar-refractivity contribution in [2.45, 2.75) is 44.3 Å². The zero-order chi connectivity index (χ0) is 28.5. The highest BCUT2D eigenvalue weighted by Gasteiger charge is 2.54. The Hall–Kier alpha value is -3.32. The molecule has 5 rings (SSSR count). The molecule has 13 heteroatoms. The van der Waals surface area contributed by atoms with Crippen LogP contribution in [0, 0.1) is 6.92 Å². The summed E-state index contributed by atoms with van der Waals surface area (Å²) in [6, 6.07) is 11.5. The molecule has 3 aliphatic heterocycles. The lowest BCUT2D eigenvalue weighted by atomic mass is 9.89. The predicted octanol–water partition coefficient (Wildman–Crippen LogP) is 4.79. The van der Waals surface area contributed by atoms with Gasteiger partial charge in [0.05, 0.1) is 20.3 Å². The number of Topliss-reactive ketones (excluding diaryl/α,β-unsaturated/α-hetero) is 2. The number of rotatable bonds is 4. The standard InChI is InChI=1S/C22H27N3O2.C4F6O2/c1-14-9-16(3-4-21(14)26-2)24-17-10-15-13-27-8-7-25-20-5-6-23-12-19(20)18(11-17)22(15)25;5-3(6,7)1(11)2(12)4(8,9)10/h3-4,9-11,19-20,23-24H,5-8,12-13H2,1-2H3;/t19-,20-;/m0./s1. The van der Waals surface area contributed by atoms with Gasteiger partial charge in [0.15, 0.2) is 0 Å². The lowest BCUT2D eigenvalue weighted by Crippen LogP contribution is -2.44. The van der Waals surface area contributed by atoms with Crippen molar-refractivity contribution >= 4 is 28.6 Å². The molecule has 0 saturated carbocycles. The van der Waals surface area contributed by atoms with E-state index in [1.807, 2.05) is 6.07 Å². The third-order valence-electron chi connectivity index (χ3n) is 6.89. The molecule has 39 heavy (non-hydrogen) atoms. The van der Waals surface area contributed by atoms with Gasteiger partial charge < -0.3 is 25.0 Å². The summed E-state index contributed by atoms with van der Waals surface area (Å²) in [5.41, 5.74) is 7.58. The number of piperidine rings is 1. The summed E-state index contributed by atoms with van der Waals surface area (Å²) in [6.07, 6.45) is -10.3. The largest absolute Gasteiger partial charge is 0.496 e. The summed E-state index contributed by atoms with van der Waals surface area (Å²) >= 11 is 0. The highest BCUT2D eigenvalue weighted by Crippen LogP contribution is 2.47. The van der Waals surface area contributed by atoms with Gasteiger partial charge in [-0.05, 0) is 61.3 Å². The first kappa shape index (κ1) is 28.7. The normalized spacial score (nSPS) is 20.2. The van der Waals surface area contributed by atoms with Crippen LogP contribution in [0.2, 0.25) is 0 Å². The lowest BCUT2D eigenvalue weighted by Gasteiger charge is -2.33. The molecule has 2 atom stereocenters. The molecule has 0 aromatic heterocycles. The molecular weight excluding hydrogens is 532 g/mol. The van der Waals surface area contributed by atoms with E-state index in [1.54, 1.807) is 7.11 Å². The number of carbonyl (C=O) groups excluding carboxylic acids is 2. The van der Waals surface area contributed by atoms with Crippen molar-refractivity contribution in [3.05, 3.63) is 47.0 Å². The minimum atomic E-state index is -5.77. The first-order chi connectivity index (χ1) is 18.3. The van der Waals surface area contributed by atoms with Crippen LogP contribution in [0.25, 0.3) is 0 Å². The fourth-order valence-corrected chi connectivity index (χ4v) is 5.24. The van der Waals surface area contributed by atoms with Crippen molar-refractivity contribution in [2.24, 2.45) is 0 Å². The number of alkyl halides is 6. The lowest BCUT2D eigenvalue weighted by molar-refractivity contribution is -0.193. The third-order valence-corrected chi connectivity index (χ3v) is 6.89. The van der Waals surface area contributed by atoms with Gasteiger partial charge in [-0.25, -0.2) is 0 Å². The summed E-state index contributed by atoms with van der Waals surface area (Å²) < 4.78 is 78.3. The zero-order valence-electron chi connectivity index (χ0n) is 21.1. The zero-order valence-corrected chi connectivity index (χ0v) is 21.1. The minimum Gasteiger partial charge on any atom is -0.496 e. The molecule has 0 unspecified atom stereocenters. The van der Waals surface area contributed by atoms with Crippen molar-refractivity contribution in [2.75, 3.05) is 43.6 Å². The Balaban J connectivity index is 0.000000251. The van der Waals surface area contributed by atoms with Crippen LogP contribution >= 0.6 is 0 Å². The molecule has 0 amide bonds. The van der Waals surface area contributed by atoms with Crippen molar-refractivity contribution in [3.63, 3.8) is 0 Å². The van der Waals surface area contributed by atoms with Crippen LogP contribution in [0.4, 0.5) is 43.4 Å². The van der Waals surface area contributed by atoms with E-state index in [0.29, 0.717) is 18.6 Å². The predicted molar refractivity (Wildman–Crippen MR) is 131 cm³/mol. The summed E-state index contributed by atoms with van der Waals surface area (Å²) in [6.45, 7) is 6.77. The summed E-state index contributed by atoms with van der Waals surface area (Å²) in [5.74, 6) is -5.32. The molecule has 7 nitrogen and oxygen atoms in total. The number of carbonyl (C=O) groups is 2. The molecule has 0 bridgehead atoms. The number of benzene rings is 2. The Morgan fingerprint density at radius 1 is 1.05 bits per heavy atom. The molecule has 1 saturated heterocycles. The Kier molecular flexibility index (Phi) is 8.12. The number of hydrogen-bond donors (Lipinski definition) is 2. The summed E-state index contributed by atoms with van der Waals surface area (Å²) in [7, 11) is 1.71. The van der Waals surface area contributed by atoms with Crippen molar-refractivity contribution in [3.8, 4) is 5.75 Å². The van der Waals surface area contributed by atoms with E-state index in [0.717, 1.165) is 48.9 Å². The highest BCUT2D eigenvalue weighted by molar-refractivity contribution is 6.41. The van der Waals surface area contributed by atoms with Gasteiger partial charge in [0.2, 0.25) is 0 Å². The molecule has 2 N–H and O–H groups in total. The second-order valence-electron chi connectivity index (χ2n) is 9.45. The number of fused-ring (bicyclic) bond motifs is 3. The smallest absolute Gasteiger partial charge is 0.458 e. The maximum Gasteiger partial charge on any atom is 0.458 e. The maximum atomic E-state index is 11.2. The van der Waals surface area contributed by atoms with Crippen LogP contribution < -0.4 is 20.3 Å². The molecule has 0 aliphatic carbocycles. The number of aryl methyl sites for hydroxylation is 1. The average Bonchev–Trinajstić information content (AvgIpc) is 3.02. The number of nitrogens with one attached hydrogen (secondary N) is 2. The number of nitrogens with zero attached hydrogens (tertiary/aromatic N) is 1. The van der Waals surface area contributed by atoms with Crippen molar-refractivity contribution in [1.29, 1.82) is 0 Å². The quantitative estimate of drug-likeness (QED) is 0.412. The Labute approximate surface area is 220 Å². The Morgan fingerprint density at radius 2 is 1.74 bits per heavy atom. The first-order valence-corrected chi connectivity index (χ1v) is 12.2. The number of halogens is 6. The monoisotopic (exact) mass is 559 g/mol. The third kappa shape index (κ3) is 6.14. The molecule has 3 heterocycles. The molecule has 0 spiro atoms.